The average molecular weight is 225 g/mol. The summed E-state index contributed by atoms with van der Waals surface area (Å²) in [6.07, 6.45) is 3.53. The Morgan fingerprint density at radius 2 is 2.47 bits per heavy atom. The van der Waals surface area contributed by atoms with Gasteiger partial charge in [0.1, 0.15) is 0 Å². The first-order valence-electron chi connectivity index (χ1n) is 5.11. The molecule has 1 aromatic rings. The highest BCUT2D eigenvalue weighted by Crippen LogP contribution is 2.31. The summed E-state index contributed by atoms with van der Waals surface area (Å²) in [4.78, 5) is 15.6. The Hall–Kier alpha value is -0.940. The number of hydrogen-bond acceptors (Lipinski definition) is 4. The van der Waals surface area contributed by atoms with Crippen LogP contribution in [0.2, 0.25) is 0 Å². The Balaban J connectivity index is 1.73. The first-order chi connectivity index (χ1) is 7.18. The molecule has 1 aliphatic carbocycles. The standard InChI is InChI=1S/C10H15N3OS/c11-10(2-1-3-10)4-9(14)12-5-8-6-15-7-13-8/h6-7H,1-5,11H2,(H,12,14). The van der Waals surface area contributed by atoms with Gasteiger partial charge in [0.2, 0.25) is 5.91 Å². The van der Waals surface area contributed by atoms with E-state index < -0.39 is 0 Å². The molecular weight excluding hydrogens is 210 g/mol. The molecule has 0 atom stereocenters. The van der Waals surface area contributed by atoms with Crippen LogP contribution in [0.25, 0.3) is 0 Å². The van der Waals surface area contributed by atoms with Gasteiger partial charge in [0.25, 0.3) is 0 Å². The van der Waals surface area contributed by atoms with Crippen LogP contribution in [0.15, 0.2) is 10.9 Å². The molecule has 15 heavy (non-hydrogen) atoms. The van der Waals surface area contributed by atoms with Gasteiger partial charge in [0.15, 0.2) is 0 Å². The van der Waals surface area contributed by atoms with Crippen molar-refractivity contribution < 1.29 is 4.79 Å². The molecule has 1 amide bonds. The van der Waals surface area contributed by atoms with Crippen LogP contribution >= 0.6 is 11.3 Å². The summed E-state index contributed by atoms with van der Waals surface area (Å²) in [6.45, 7) is 0.512. The number of nitrogens with two attached hydrogens (primary N) is 1. The average Bonchev–Trinajstić information content (AvgIpc) is 2.64. The van der Waals surface area contributed by atoms with Gasteiger partial charge in [0.05, 0.1) is 17.7 Å². The van der Waals surface area contributed by atoms with Crippen molar-refractivity contribution in [2.45, 2.75) is 37.8 Å². The van der Waals surface area contributed by atoms with Crippen molar-refractivity contribution in [3.05, 3.63) is 16.6 Å². The first-order valence-corrected chi connectivity index (χ1v) is 6.05. The number of nitrogens with one attached hydrogen (secondary N) is 1. The van der Waals surface area contributed by atoms with E-state index in [9.17, 15) is 4.79 Å². The Morgan fingerprint density at radius 1 is 1.67 bits per heavy atom. The van der Waals surface area contributed by atoms with E-state index in [1.807, 2.05) is 5.38 Å². The van der Waals surface area contributed by atoms with E-state index in [4.69, 9.17) is 5.73 Å². The SMILES string of the molecule is NC1(CC(=O)NCc2cscn2)CCC1. The molecule has 0 bridgehead atoms. The van der Waals surface area contributed by atoms with E-state index in [1.54, 1.807) is 5.51 Å². The number of carbonyl (C=O) groups excluding carboxylic acids is 1. The number of hydrogen-bond donors (Lipinski definition) is 2. The van der Waals surface area contributed by atoms with Gasteiger partial charge in [-0.3, -0.25) is 4.79 Å². The predicted molar refractivity (Wildman–Crippen MR) is 59.3 cm³/mol. The fraction of sp³-hybridized carbons (Fsp3) is 0.600. The lowest BCUT2D eigenvalue weighted by molar-refractivity contribution is -0.123. The van der Waals surface area contributed by atoms with Crippen molar-refractivity contribution in [3.63, 3.8) is 0 Å². The molecule has 1 aliphatic rings. The molecule has 0 spiro atoms. The second kappa shape index (κ2) is 4.28. The minimum absolute atomic E-state index is 0.0326. The zero-order valence-corrected chi connectivity index (χ0v) is 9.35. The van der Waals surface area contributed by atoms with Crippen molar-refractivity contribution in [3.8, 4) is 0 Å². The molecule has 0 unspecified atom stereocenters. The maximum Gasteiger partial charge on any atom is 0.222 e. The maximum atomic E-state index is 11.5. The quantitative estimate of drug-likeness (QED) is 0.804. The van der Waals surface area contributed by atoms with Crippen LogP contribution in [-0.4, -0.2) is 16.4 Å². The summed E-state index contributed by atoms with van der Waals surface area (Å²) in [5.74, 6) is 0.0326. The molecule has 82 valence electrons. The summed E-state index contributed by atoms with van der Waals surface area (Å²) < 4.78 is 0. The molecule has 1 fully saturated rings. The summed E-state index contributed by atoms with van der Waals surface area (Å²) in [7, 11) is 0. The number of carbonyl (C=O) groups is 1. The topological polar surface area (TPSA) is 68.0 Å². The maximum absolute atomic E-state index is 11.5. The van der Waals surface area contributed by atoms with E-state index in [2.05, 4.69) is 10.3 Å². The Bertz CT molecular complexity index is 332. The molecule has 0 saturated heterocycles. The molecule has 0 aromatic carbocycles. The second-order valence-corrected chi connectivity index (χ2v) is 4.87. The smallest absolute Gasteiger partial charge is 0.222 e. The highest BCUT2D eigenvalue weighted by molar-refractivity contribution is 7.07. The number of aromatic nitrogens is 1. The monoisotopic (exact) mass is 225 g/mol. The zero-order chi connectivity index (χ0) is 10.7. The zero-order valence-electron chi connectivity index (χ0n) is 8.53. The summed E-state index contributed by atoms with van der Waals surface area (Å²) in [5.41, 5.74) is 8.42. The fourth-order valence-corrected chi connectivity index (χ4v) is 2.26. The molecule has 0 radical (unpaired) electrons. The van der Waals surface area contributed by atoms with Crippen molar-refractivity contribution in [2.24, 2.45) is 5.73 Å². The number of amides is 1. The lowest BCUT2D eigenvalue weighted by Crippen LogP contribution is -2.49. The fourth-order valence-electron chi connectivity index (χ4n) is 1.70. The second-order valence-electron chi connectivity index (χ2n) is 4.15. The van der Waals surface area contributed by atoms with Crippen molar-refractivity contribution in [2.75, 3.05) is 0 Å². The first kappa shape index (κ1) is 10.6. The molecule has 1 aromatic heterocycles. The minimum atomic E-state index is -0.230. The summed E-state index contributed by atoms with van der Waals surface area (Å²) in [6, 6.07) is 0. The summed E-state index contributed by atoms with van der Waals surface area (Å²) in [5, 5.41) is 4.77. The van der Waals surface area contributed by atoms with Crippen molar-refractivity contribution >= 4 is 17.2 Å². The number of thiazole rings is 1. The molecule has 1 saturated carbocycles. The molecular formula is C10H15N3OS. The Morgan fingerprint density at radius 3 is 3.00 bits per heavy atom. The lowest BCUT2D eigenvalue weighted by atomic mass is 9.75. The van der Waals surface area contributed by atoms with E-state index in [0.717, 1.165) is 25.0 Å². The summed E-state index contributed by atoms with van der Waals surface area (Å²) >= 11 is 1.53. The lowest BCUT2D eigenvalue weighted by Gasteiger charge is -2.37. The van der Waals surface area contributed by atoms with Gasteiger partial charge < -0.3 is 11.1 Å². The molecule has 2 rings (SSSR count). The van der Waals surface area contributed by atoms with Crippen LogP contribution in [0.1, 0.15) is 31.4 Å². The van der Waals surface area contributed by atoms with Crippen LogP contribution in [-0.2, 0) is 11.3 Å². The van der Waals surface area contributed by atoms with Crippen LogP contribution in [0.5, 0.6) is 0 Å². The van der Waals surface area contributed by atoms with E-state index in [-0.39, 0.29) is 11.4 Å². The van der Waals surface area contributed by atoms with Gasteiger partial charge in [-0.15, -0.1) is 11.3 Å². The highest BCUT2D eigenvalue weighted by atomic mass is 32.1. The Labute approximate surface area is 92.9 Å². The highest BCUT2D eigenvalue weighted by Gasteiger charge is 2.34. The van der Waals surface area contributed by atoms with E-state index in [1.165, 1.54) is 11.3 Å². The van der Waals surface area contributed by atoms with Gasteiger partial charge in [-0.1, -0.05) is 0 Å². The van der Waals surface area contributed by atoms with Crippen LogP contribution < -0.4 is 11.1 Å². The van der Waals surface area contributed by atoms with E-state index >= 15 is 0 Å². The van der Waals surface area contributed by atoms with Crippen LogP contribution in [0.4, 0.5) is 0 Å². The minimum Gasteiger partial charge on any atom is -0.350 e. The number of rotatable bonds is 4. The third kappa shape index (κ3) is 2.76. The van der Waals surface area contributed by atoms with Crippen LogP contribution in [0, 0.1) is 0 Å². The van der Waals surface area contributed by atoms with Crippen molar-refractivity contribution in [1.29, 1.82) is 0 Å². The van der Waals surface area contributed by atoms with Crippen molar-refractivity contribution in [1.82, 2.24) is 10.3 Å². The third-order valence-corrected chi connectivity index (χ3v) is 3.45. The Kier molecular flexibility index (Phi) is 3.02. The molecule has 0 aliphatic heterocycles. The third-order valence-electron chi connectivity index (χ3n) is 2.81. The van der Waals surface area contributed by atoms with Crippen LogP contribution in [0.3, 0.4) is 0 Å². The van der Waals surface area contributed by atoms with Gasteiger partial charge in [0, 0.05) is 17.3 Å². The molecule has 4 nitrogen and oxygen atoms in total. The predicted octanol–water partition coefficient (Wildman–Crippen LogP) is 1.03. The largest absolute Gasteiger partial charge is 0.350 e. The van der Waals surface area contributed by atoms with E-state index in [0.29, 0.717) is 13.0 Å². The molecule has 5 heteroatoms. The van der Waals surface area contributed by atoms with Gasteiger partial charge >= 0.3 is 0 Å². The van der Waals surface area contributed by atoms with Gasteiger partial charge in [-0.05, 0) is 19.3 Å². The van der Waals surface area contributed by atoms with Gasteiger partial charge in [-0.2, -0.15) is 0 Å². The number of nitrogens with zero attached hydrogens (tertiary/aromatic N) is 1. The molecule has 3 N–H and O–H groups in total. The normalized spacial score (nSPS) is 18.2. The van der Waals surface area contributed by atoms with Gasteiger partial charge in [-0.25, -0.2) is 4.98 Å². The molecule has 1 heterocycles.